The molecule has 0 bridgehead atoms. The van der Waals surface area contributed by atoms with Crippen LogP contribution >= 0.6 is 7.92 Å². The molecule has 0 saturated heterocycles. The number of nitrogens with two attached hydrogens (primary N) is 1. The smallest absolute Gasteiger partial charge is 0.0219 e. The molecule has 28 heavy (non-hydrogen) atoms. The van der Waals surface area contributed by atoms with Gasteiger partial charge in [0.15, 0.2) is 0 Å². The maximum Gasteiger partial charge on any atom is 0.0219 e. The molecule has 2 aromatic rings. The normalized spacial score (nSPS) is 28.4. The highest BCUT2D eigenvalue weighted by molar-refractivity contribution is 7.73. The Morgan fingerprint density at radius 2 is 1.32 bits per heavy atom. The molecule has 0 aromatic heterocycles. The van der Waals surface area contributed by atoms with Crippen LogP contribution in [0.2, 0.25) is 0 Å². The lowest BCUT2D eigenvalue weighted by atomic mass is 9.87. The van der Waals surface area contributed by atoms with Crippen LogP contribution < -0.4 is 21.7 Å². The summed E-state index contributed by atoms with van der Waals surface area (Å²) in [5, 5.41) is 6.99. The summed E-state index contributed by atoms with van der Waals surface area (Å²) < 4.78 is 0. The average Bonchev–Trinajstić information content (AvgIpc) is 2.76. The fourth-order valence-electron chi connectivity index (χ4n) is 5.19. The van der Waals surface area contributed by atoms with E-state index < -0.39 is 0 Å². The Balaban J connectivity index is 1.55. The maximum atomic E-state index is 6.41. The molecule has 0 radical (unpaired) electrons. The van der Waals surface area contributed by atoms with Gasteiger partial charge in [-0.1, -0.05) is 86.3 Å². The summed E-state index contributed by atoms with van der Waals surface area (Å²) in [5.41, 5.74) is 7.18. The van der Waals surface area contributed by atoms with Crippen LogP contribution in [0.25, 0.3) is 0 Å². The van der Waals surface area contributed by atoms with Crippen LogP contribution in [0, 0.1) is 5.92 Å². The van der Waals surface area contributed by atoms with E-state index in [2.05, 4.69) is 66.0 Å². The Kier molecular flexibility index (Phi) is 7.18. The van der Waals surface area contributed by atoms with Crippen molar-refractivity contribution in [1.82, 2.24) is 5.32 Å². The summed E-state index contributed by atoms with van der Waals surface area (Å²) in [4.78, 5) is 0. The second kappa shape index (κ2) is 10.0. The molecule has 0 spiro atoms. The van der Waals surface area contributed by atoms with E-state index in [9.17, 15) is 0 Å². The minimum absolute atomic E-state index is 0.320. The van der Waals surface area contributed by atoms with Crippen molar-refractivity contribution in [3.63, 3.8) is 0 Å². The van der Waals surface area contributed by atoms with Gasteiger partial charge in [-0.2, -0.15) is 0 Å². The van der Waals surface area contributed by atoms with Gasteiger partial charge >= 0.3 is 0 Å². The van der Waals surface area contributed by atoms with E-state index in [1.807, 2.05) is 0 Å². The summed E-state index contributed by atoms with van der Waals surface area (Å²) in [6.45, 7) is 1.14. The first-order valence-electron chi connectivity index (χ1n) is 11.2. The van der Waals surface area contributed by atoms with E-state index in [4.69, 9.17) is 5.73 Å². The molecule has 2 nitrogen and oxygen atoms in total. The third kappa shape index (κ3) is 4.85. The molecular weight excluding hydrogens is 359 g/mol. The summed E-state index contributed by atoms with van der Waals surface area (Å²) in [6.07, 6.45) is 10.6. The van der Waals surface area contributed by atoms with Gasteiger partial charge in [-0.3, -0.25) is 0 Å². The molecular formula is C25H35N2P. The number of hydrogen-bond donors (Lipinski definition) is 2. The van der Waals surface area contributed by atoms with Gasteiger partial charge in [0.05, 0.1) is 0 Å². The second-order valence-electron chi connectivity index (χ2n) is 8.62. The Bertz CT molecular complexity index is 666. The average molecular weight is 395 g/mol. The zero-order valence-corrected chi connectivity index (χ0v) is 17.9. The molecule has 150 valence electrons. The van der Waals surface area contributed by atoms with E-state index in [-0.39, 0.29) is 7.92 Å². The molecule has 3 N–H and O–H groups in total. The van der Waals surface area contributed by atoms with E-state index in [1.54, 1.807) is 0 Å². The minimum atomic E-state index is -0.320. The molecule has 0 heterocycles. The van der Waals surface area contributed by atoms with Gasteiger partial charge in [-0.15, -0.1) is 0 Å². The van der Waals surface area contributed by atoms with Crippen molar-refractivity contribution in [2.45, 2.75) is 69.1 Å². The summed E-state index contributed by atoms with van der Waals surface area (Å²) >= 11 is 0. The Morgan fingerprint density at radius 1 is 0.750 bits per heavy atom. The molecule has 0 aliphatic heterocycles. The zero-order valence-electron chi connectivity index (χ0n) is 17.0. The van der Waals surface area contributed by atoms with Crippen LogP contribution in [0.3, 0.4) is 0 Å². The van der Waals surface area contributed by atoms with Crippen LogP contribution in [0.1, 0.15) is 51.4 Å². The van der Waals surface area contributed by atoms with Crippen molar-refractivity contribution in [3.05, 3.63) is 60.7 Å². The van der Waals surface area contributed by atoms with Crippen LogP contribution in [-0.4, -0.2) is 24.3 Å². The van der Waals surface area contributed by atoms with Crippen molar-refractivity contribution in [1.29, 1.82) is 0 Å². The summed E-state index contributed by atoms with van der Waals surface area (Å²) in [6, 6.07) is 23.4. The zero-order chi connectivity index (χ0) is 19.2. The SMILES string of the molecule is N[C@@H]1CCCC[C@H]1NCC1CCCCC1P(c1ccccc1)c1ccccc1. The first kappa shape index (κ1) is 20.1. The van der Waals surface area contributed by atoms with E-state index in [0.29, 0.717) is 12.1 Å². The number of rotatable bonds is 6. The topological polar surface area (TPSA) is 38.0 Å². The second-order valence-corrected chi connectivity index (χ2v) is 11.1. The molecule has 2 saturated carbocycles. The number of hydrogen-bond acceptors (Lipinski definition) is 2. The molecule has 2 aliphatic rings. The first-order valence-corrected chi connectivity index (χ1v) is 12.6. The van der Waals surface area contributed by atoms with Crippen molar-refractivity contribution in [3.8, 4) is 0 Å². The first-order chi connectivity index (χ1) is 13.8. The fraction of sp³-hybridized carbons (Fsp3) is 0.520. The van der Waals surface area contributed by atoms with Gasteiger partial charge in [0.2, 0.25) is 0 Å². The van der Waals surface area contributed by atoms with Crippen LogP contribution in [0.15, 0.2) is 60.7 Å². The van der Waals surface area contributed by atoms with Crippen molar-refractivity contribution in [2.75, 3.05) is 6.54 Å². The predicted octanol–water partition coefficient (Wildman–Crippen LogP) is 4.54. The third-order valence-electron chi connectivity index (χ3n) is 6.73. The molecule has 0 amide bonds. The van der Waals surface area contributed by atoms with E-state index in [1.165, 1.54) is 62.0 Å². The summed E-state index contributed by atoms with van der Waals surface area (Å²) in [7, 11) is -0.320. The fourth-order valence-corrected chi connectivity index (χ4v) is 8.36. The lowest BCUT2D eigenvalue weighted by Gasteiger charge is -2.40. The van der Waals surface area contributed by atoms with Gasteiger partial charge in [-0.05, 0) is 62.3 Å². The monoisotopic (exact) mass is 394 g/mol. The minimum Gasteiger partial charge on any atom is -0.326 e. The number of benzene rings is 2. The van der Waals surface area contributed by atoms with Crippen LogP contribution in [-0.2, 0) is 0 Å². The van der Waals surface area contributed by atoms with Crippen LogP contribution in [0.4, 0.5) is 0 Å². The number of nitrogens with one attached hydrogen (secondary N) is 1. The third-order valence-corrected chi connectivity index (χ3v) is 9.78. The van der Waals surface area contributed by atoms with Gasteiger partial charge in [0.1, 0.15) is 0 Å². The van der Waals surface area contributed by atoms with Crippen molar-refractivity contribution >= 4 is 18.5 Å². The van der Waals surface area contributed by atoms with Gasteiger partial charge in [-0.25, -0.2) is 0 Å². The Morgan fingerprint density at radius 3 is 1.96 bits per heavy atom. The van der Waals surface area contributed by atoms with Crippen molar-refractivity contribution < 1.29 is 0 Å². The highest BCUT2D eigenvalue weighted by atomic mass is 31.1. The Labute approximate surface area is 172 Å². The van der Waals surface area contributed by atoms with Gasteiger partial charge in [0.25, 0.3) is 0 Å². The lowest BCUT2D eigenvalue weighted by molar-refractivity contribution is 0.284. The highest BCUT2D eigenvalue weighted by Crippen LogP contribution is 2.48. The largest absolute Gasteiger partial charge is 0.326 e. The maximum absolute atomic E-state index is 6.41. The van der Waals surface area contributed by atoms with Crippen LogP contribution in [0.5, 0.6) is 0 Å². The van der Waals surface area contributed by atoms with Crippen molar-refractivity contribution in [2.24, 2.45) is 11.7 Å². The van der Waals surface area contributed by atoms with Gasteiger partial charge < -0.3 is 11.1 Å². The molecule has 2 unspecified atom stereocenters. The molecule has 2 fully saturated rings. The quantitative estimate of drug-likeness (QED) is 0.706. The molecule has 4 atom stereocenters. The van der Waals surface area contributed by atoms with E-state index in [0.717, 1.165) is 18.1 Å². The lowest BCUT2D eigenvalue weighted by Crippen LogP contribution is -2.49. The molecule has 2 aliphatic carbocycles. The summed E-state index contributed by atoms with van der Waals surface area (Å²) in [5.74, 6) is 0.759. The molecule has 4 rings (SSSR count). The highest BCUT2D eigenvalue weighted by Gasteiger charge is 2.34. The van der Waals surface area contributed by atoms with Gasteiger partial charge in [0, 0.05) is 12.1 Å². The van der Waals surface area contributed by atoms with E-state index >= 15 is 0 Å². The molecule has 2 aromatic carbocycles. The standard InChI is InChI=1S/C25H35N2P/c26-23-16-8-9-17-24(23)27-19-20-11-7-10-18-25(20)28(21-12-3-1-4-13-21)22-14-5-2-6-15-22/h1-6,12-15,20,23-25,27H,7-11,16-19,26H2/t20?,23-,24-,25?/m1/s1. The predicted molar refractivity (Wildman–Crippen MR) is 123 cm³/mol. The molecule has 3 heteroatoms. The Hall–Kier alpha value is -1.21.